The third kappa shape index (κ3) is 3.72. The number of rotatable bonds is 3. The van der Waals surface area contributed by atoms with Crippen LogP contribution in [0, 0.1) is 6.92 Å². The summed E-state index contributed by atoms with van der Waals surface area (Å²) in [6.07, 6.45) is -4.85. The molecule has 27 heavy (non-hydrogen) atoms. The molecule has 0 bridgehead atoms. The predicted molar refractivity (Wildman–Crippen MR) is 91.8 cm³/mol. The number of hydrogen-bond acceptors (Lipinski definition) is 5. The number of alkyl halides is 3. The molecule has 0 unspecified atom stereocenters. The van der Waals surface area contributed by atoms with E-state index in [0.29, 0.717) is 5.58 Å². The van der Waals surface area contributed by atoms with Crippen LogP contribution in [0.1, 0.15) is 23.0 Å². The summed E-state index contributed by atoms with van der Waals surface area (Å²) in [4.78, 5) is 25.9. The van der Waals surface area contributed by atoms with Crippen molar-refractivity contribution in [2.75, 3.05) is 37.7 Å². The Labute approximate surface area is 153 Å². The van der Waals surface area contributed by atoms with Crippen molar-refractivity contribution in [1.29, 1.82) is 0 Å². The molecule has 1 aliphatic heterocycles. The molecule has 1 saturated heterocycles. The van der Waals surface area contributed by atoms with Crippen molar-refractivity contribution in [2.24, 2.45) is 0 Å². The van der Waals surface area contributed by atoms with Gasteiger partial charge < -0.3 is 19.0 Å². The lowest BCUT2D eigenvalue weighted by molar-refractivity contribution is -0.185. The molecule has 0 aliphatic carbocycles. The Kier molecular flexibility index (Phi) is 5.03. The molecule has 9 heteroatoms. The van der Waals surface area contributed by atoms with E-state index in [0.717, 1.165) is 21.5 Å². The highest BCUT2D eigenvalue weighted by molar-refractivity contribution is 5.95. The number of amides is 1. The minimum absolute atomic E-state index is 0.00468. The minimum Gasteiger partial charge on any atom is -0.460 e. The van der Waals surface area contributed by atoms with E-state index in [1.807, 2.05) is 11.8 Å². The lowest BCUT2D eigenvalue weighted by atomic mass is 10.1. The first kappa shape index (κ1) is 19.1. The first-order valence-corrected chi connectivity index (χ1v) is 8.53. The Morgan fingerprint density at radius 2 is 1.85 bits per heavy atom. The summed E-state index contributed by atoms with van der Waals surface area (Å²) >= 11 is 0. The van der Waals surface area contributed by atoms with Gasteiger partial charge in [-0.15, -0.1) is 0 Å². The van der Waals surface area contributed by atoms with E-state index in [-0.39, 0.29) is 38.5 Å². The van der Waals surface area contributed by atoms with E-state index in [1.54, 1.807) is 25.1 Å². The van der Waals surface area contributed by atoms with Gasteiger partial charge in [0.15, 0.2) is 0 Å². The van der Waals surface area contributed by atoms with E-state index < -0.39 is 18.1 Å². The summed E-state index contributed by atoms with van der Waals surface area (Å²) in [5.41, 5.74) is 2.21. The van der Waals surface area contributed by atoms with Crippen LogP contribution in [-0.2, 0) is 9.53 Å². The van der Waals surface area contributed by atoms with Crippen LogP contribution in [-0.4, -0.2) is 55.7 Å². The maximum atomic E-state index is 12.6. The van der Waals surface area contributed by atoms with Crippen molar-refractivity contribution in [1.82, 2.24) is 4.90 Å². The third-order valence-electron chi connectivity index (χ3n) is 4.57. The Bertz CT molecular complexity index is 867. The zero-order chi connectivity index (χ0) is 19.8. The van der Waals surface area contributed by atoms with Crippen molar-refractivity contribution in [3.63, 3.8) is 0 Å². The number of furan rings is 1. The van der Waals surface area contributed by atoms with Gasteiger partial charge in [-0.2, -0.15) is 13.2 Å². The summed E-state index contributed by atoms with van der Waals surface area (Å²) in [5, 5.41) is 0.740. The van der Waals surface area contributed by atoms with Crippen LogP contribution >= 0.6 is 0 Å². The summed E-state index contributed by atoms with van der Waals surface area (Å²) in [5.74, 6) is -2.25. The normalized spacial score (nSPS) is 15.3. The summed E-state index contributed by atoms with van der Waals surface area (Å²) in [6.45, 7) is 4.36. The lowest BCUT2D eigenvalue weighted by Gasteiger charge is -2.37. The monoisotopic (exact) mass is 384 g/mol. The second-order valence-corrected chi connectivity index (χ2v) is 6.23. The van der Waals surface area contributed by atoms with Crippen LogP contribution < -0.4 is 4.90 Å². The average molecular weight is 384 g/mol. The molecule has 0 spiro atoms. The van der Waals surface area contributed by atoms with Gasteiger partial charge in [0.2, 0.25) is 5.76 Å². The first-order chi connectivity index (χ1) is 12.7. The minimum atomic E-state index is -4.85. The molecule has 146 valence electrons. The van der Waals surface area contributed by atoms with Gasteiger partial charge in [-0.05, 0) is 37.6 Å². The molecular weight excluding hydrogens is 365 g/mol. The second-order valence-electron chi connectivity index (χ2n) is 6.23. The van der Waals surface area contributed by atoms with E-state index in [1.165, 1.54) is 0 Å². The number of benzene rings is 1. The smallest absolute Gasteiger partial charge is 0.460 e. The molecule has 1 aliphatic rings. The molecule has 2 aromatic rings. The second kappa shape index (κ2) is 7.13. The molecule has 3 rings (SSSR count). The summed E-state index contributed by atoms with van der Waals surface area (Å²) < 4.78 is 48.1. The highest BCUT2D eigenvalue weighted by atomic mass is 19.4. The van der Waals surface area contributed by atoms with Gasteiger partial charge in [0.25, 0.3) is 0 Å². The summed E-state index contributed by atoms with van der Waals surface area (Å²) in [7, 11) is 0. The fourth-order valence-corrected chi connectivity index (χ4v) is 3.21. The third-order valence-corrected chi connectivity index (χ3v) is 4.57. The zero-order valence-corrected chi connectivity index (χ0v) is 14.9. The van der Waals surface area contributed by atoms with Crippen LogP contribution in [0.25, 0.3) is 11.0 Å². The molecule has 0 radical (unpaired) electrons. The molecule has 0 N–H and O–H groups in total. The van der Waals surface area contributed by atoms with Gasteiger partial charge >= 0.3 is 18.1 Å². The molecule has 1 aromatic heterocycles. The van der Waals surface area contributed by atoms with Crippen LogP contribution in [0.3, 0.4) is 0 Å². The molecule has 1 amide bonds. The Morgan fingerprint density at radius 1 is 1.19 bits per heavy atom. The Morgan fingerprint density at radius 3 is 2.44 bits per heavy atom. The number of carbonyl (C=O) groups is 2. The van der Waals surface area contributed by atoms with Crippen LogP contribution in [0.2, 0.25) is 0 Å². The van der Waals surface area contributed by atoms with Crippen molar-refractivity contribution >= 4 is 28.5 Å². The standard InChI is InChI=1S/C18H19F3N2O4/c1-3-26-16(24)15-10-12-11(2)13(4-5-14(12)27-15)22-6-8-23(9-7-22)17(25)18(19,20)21/h4-5,10H,3,6-9H2,1-2H3. The van der Waals surface area contributed by atoms with E-state index in [2.05, 4.69) is 0 Å². The Hall–Kier alpha value is -2.71. The van der Waals surface area contributed by atoms with Crippen LogP contribution in [0.15, 0.2) is 22.6 Å². The largest absolute Gasteiger partial charge is 0.471 e. The van der Waals surface area contributed by atoms with Gasteiger partial charge in [0.05, 0.1) is 6.61 Å². The molecular formula is C18H19F3N2O4. The number of anilines is 1. The van der Waals surface area contributed by atoms with E-state index in [4.69, 9.17) is 9.15 Å². The van der Waals surface area contributed by atoms with E-state index >= 15 is 0 Å². The number of hydrogen-bond donors (Lipinski definition) is 0. The number of fused-ring (bicyclic) bond motifs is 1. The number of carbonyl (C=O) groups excluding carboxylic acids is 2. The van der Waals surface area contributed by atoms with Crippen LogP contribution in [0.5, 0.6) is 0 Å². The molecule has 1 fully saturated rings. The number of esters is 1. The number of aryl methyl sites for hydroxylation is 1. The highest BCUT2D eigenvalue weighted by Gasteiger charge is 2.43. The summed E-state index contributed by atoms with van der Waals surface area (Å²) in [6, 6.07) is 5.13. The maximum Gasteiger partial charge on any atom is 0.471 e. The predicted octanol–water partition coefficient (Wildman–Crippen LogP) is 3.13. The van der Waals surface area contributed by atoms with Gasteiger partial charge in [-0.3, -0.25) is 4.79 Å². The van der Waals surface area contributed by atoms with Crippen molar-refractivity contribution < 1.29 is 31.9 Å². The van der Waals surface area contributed by atoms with Crippen molar-refractivity contribution in [3.05, 3.63) is 29.5 Å². The van der Waals surface area contributed by atoms with Crippen molar-refractivity contribution in [3.8, 4) is 0 Å². The molecule has 0 atom stereocenters. The topological polar surface area (TPSA) is 63.0 Å². The number of nitrogens with zero attached hydrogens (tertiary/aromatic N) is 2. The highest BCUT2D eigenvalue weighted by Crippen LogP contribution is 2.32. The van der Waals surface area contributed by atoms with Gasteiger partial charge in [0, 0.05) is 37.3 Å². The van der Waals surface area contributed by atoms with E-state index in [9.17, 15) is 22.8 Å². The molecule has 2 heterocycles. The Balaban J connectivity index is 1.79. The maximum absolute atomic E-state index is 12.6. The quantitative estimate of drug-likeness (QED) is 0.761. The molecule has 1 aromatic carbocycles. The first-order valence-electron chi connectivity index (χ1n) is 8.53. The van der Waals surface area contributed by atoms with Gasteiger partial charge in [-0.25, -0.2) is 4.79 Å². The fraction of sp³-hybridized carbons (Fsp3) is 0.444. The average Bonchev–Trinajstić information content (AvgIpc) is 3.06. The number of piperazine rings is 1. The van der Waals surface area contributed by atoms with Crippen LogP contribution in [0.4, 0.5) is 18.9 Å². The number of halogens is 3. The molecule has 0 saturated carbocycles. The fourth-order valence-electron chi connectivity index (χ4n) is 3.21. The van der Waals surface area contributed by atoms with Gasteiger partial charge in [-0.1, -0.05) is 0 Å². The SMILES string of the molecule is CCOC(=O)c1cc2c(C)c(N3CCN(C(=O)C(F)(F)F)CC3)ccc2o1. The van der Waals surface area contributed by atoms with Crippen molar-refractivity contribution in [2.45, 2.75) is 20.0 Å². The lowest BCUT2D eigenvalue weighted by Crippen LogP contribution is -2.52. The number of ether oxygens (including phenoxy) is 1. The van der Waals surface area contributed by atoms with Gasteiger partial charge in [0.1, 0.15) is 5.58 Å². The molecule has 6 nitrogen and oxygen atoms in total. The zero-order valence-electron chi connectivity index (χ0n) is 14.9.